The second-order valence-electron chi connectivity index (χ2n) is 5.77. The molecule has 1 atom stereocenters. The molecular formula is C19H21N3O6. The monoisotopic (exact) mass is 387 g/mol. The molecule has 3 N–H and O–H groups in total. The molecular weight excluding hydrogens is 366 g/mol. The van der Waals surface area contributed by atoms with Crippen LogP contribution in [-0.4, -0.2) is 42.9 Å². The molecule has 2 aromatic rings. The zero-order valence-corrected chi connectivity index (χ0v) is 15.5. The highest BCUT2D eigenvalue weighted by atomic mass is 16.5. The molecule has 0 bridgehead atoms. The standard InChI is InChI=1S/C19H21N3O6/c1-3-20-17(24)12(2)21-16(23)11-28-19(26)13-6-8-14(9-7-13)22-18(25)15-5-4-10-27-15/h4-10,12H,3,11H2,1-2H3,(H,20,24)(H,21,23)(H,22,25)/t12-/m1/s1. The lowest BCUT2D eigenvalue weighted by Gasteiger charge is -2.13. The maximum absolute atomic E-state index is 12.0. The van der Waals surface area contributed by atoms with Crippen molar-refractivity contribution in [1.29, 1.82) is 0 Å². The molecule has 0 saturated heterocycles. The van der Waals surface area contributed by atoms with E-state index in [1.54, 1.807) is 13.0 Å². The minimum Gasteiger partial charge on any atom is -0.459 e. The number of likely N-dealkylation sites (N-methyl/N-ethyl adjacent to an activating group) is 1. The molecule has 0 saturated carbocycles. The van der Waals surface area contributed by atoms with Crippen LogP contribution in [0.4, 0.5) is 5.69 Å². The Balaban J connectivity index is 1.81. The van der Waals surface area contributed by atoms with E-state index in [9.17, 15) is 19.2 Å². The predicted octanol–water partition coefficient (Wildman–Crippen LogP) is 1.33. The summed E-state index contributed by atoms with van der Waals surface area (Å²) in [7, 11) is 0. The molecule has 148 valence electrons. The first-order valence-electron chi connectivity index (χ1n) is 8.59. The van der Waals surface area contributed by atoms with E-state index in [1.165, 1.54) is 43.5 Å². The Morgan fingerprint density at radius 2 is 1.82 bits per heavy atom. The molecule has 2 rings (SSSR count). The van der Waals surface area contributed by atoms with Crippen LogP contribution >= 0.6 is 0 Å². The van der Waals surface area contributed by atoms with Gasteiger partial charge in [0.05, 0.1) is 11.8 Å². The fraction of sp³-hybridized carbons (Fsp3) is 0.263. The number of hydrogen-bond acceptors (Lipinski definition) is 6. The summed E-state index contributed by atoms with van der Waals surface area (Å²) in [6.45, 7) is 3.23. The average molecular weight is 387 g/mol. The average Bonchev–Trinajstić information content (AvgIpc) is 3.22. The van der Waals surface area contributed by atoms with Gasteiger partial charge in [0.15, 0.2) is 12.4 Å². The molecule has 0 aliphatic heterocycles. The number of rotatable bonds is 8. The van der Waals surface area contributed by atoms with Gasteiger partial charge in [-0.1, -0.05) is 0 Å². The largest absolute Gasteiger partial charge is 0.459 e. The number of carbonyl (C=O) groups is 4. The zero-order valence-electron chi connectivity index (χ0n) is 15.5. The first-order chi connectivity index (χ1) is 13.4. The van der Waals surface area contributed by atoms with E-state index >= 15 is 0 Å². The van der Waals surface area contributed by atoms with Gasteiger partial charge in [0.25, 0.3) is 11.8 Å². The van der Waals surface area contributed by atoms with Crippen LogP contribution in [0.1, 0.15) is 34.8 Å². The van der Waals surface area contributed by atoms with Gasteiger partial charge in [0.2, 0.25) is 5.91 Å². The molecule has 0 radical (unpaired) electrons. The summed E-state index contributed by atoms with van der Waals surface area (Å²) in [4.78, 5) is 47.2. The lowest BCUT2D eigenvalue weighted by Crippen LogP contribution is -2.46. The fourth-order valence-corrected chi connectivity index (χ4v) is 2.18. The molecule has 0 spiro atoms. The first-order valence-corrected chi connectivity index (χ1v) is 8.59. The van der Waals surface area contributed by atoms with Crippen LogP contribution in [0.3, 0.4) is 0 Å². The minimum absolute atomic E-state index is 0.163. The normalized spacial score (nSPS) is 11.2. The number of carbonyl (C=O) groups excluding carboxylic acids is 4. The van der Waals surface area contributed by atoms with Gasteiger partial charge in [-0.25, -0.2) is 4.79 Å². The van der Waals surface area contributed by atoms with E-state index in [1.807, 2.05) is 0 Å². The predicted molar refractivity (Wildman–Crippen MR) is 99.7 cm³/mol. The van der Waals surface area contributed by atoms with E-state index in [4.69, 9.17) is 9.15 Å². The third kappa shape index (κ3) is 5.97. The van der Waals surface area contributed by atoms with Crippen molar-refractivity contribution in [2.45, 2.75) is 19.9 Å². The van der Waals surface area contributed by atoms with Gasteiger partial charge in [0, 0.05) is 12.2 Å². The number of amides is 3. The molecule has 0 aliphatic rings. The molecule has 0 fully saturated rings. The van der Waals surface area contributed by atoms with Crippen LogP contribution in [0.2, 0.25) is 0 Å². The molecule has 0 unspecified atom stereocenters. The van der Waals surface area contributed by atoms with Crippen molar-refractivity contribution in [1.82, 2.24) is 10.6 Å². The summed E-state index contributed by atoms with van der Waals surface area (Å²) in [6.07, 6.45) is 1.39. The molecule has 28 heavy (non-hydrogen) atoms. The van der Waals surface area contributed by atoms with Crippen LogP contribution in [0, 0.1) is 0 Å². The van der Waals surface area contributed by atoms with E-state index in [0.717, 1.165) is 0 Å². The van der Waals surface area contributed by atoms with Gasteiger partial charge in [0.1, 0.15) is 6.04 Å². The Hall–Kier alpha value is -3.62. The Morgan fingerprint density at radius 1 is 1.11 bits per heavy atom. The molecule has 9 heteroatoms. The van der Waals surface area contributed by atoms with Crippen molar-refractivity contribution in [3.63, 3.8) is 0 Å². The third-order valence-electron chi connectivity index (χ3n) is 3.58. The highest BCUT2D eigenvalue weighted by Crippen LogP contribution is 2.12. The van der Waals surface area contributed by atoms with E-state index in [2.05, 4.69) is 16.0 Å². The van der Waals surface area contributed by atoms with Crippen molar-refractivity contribution < 1.29 is 28.3 Å². The summed E-state index contributed by atoms with van der Waals surface area (Å²) in [5, 5.41) is 7.62. The van der Waals surface area contributed by atoms with Crippen LogP contribution in [-0.2, 0) is 14.3 Å². The second kappa shape index (κ2) is 9.91. The SMILES string of the molecule is CCNC(=O)[C@@H](C)NC(=O)COC(=O)c1ccc(NC(=O)c2ccco2)cc1. The van der Waals surface area contributed by atoms with Crippen LogP contribution in [0.25, 0.3) is 0 Å². The zero-order chi connectivity index (χ0) is 20.5. The van der Waals surface area contributed by atoms with E-state index in [0.29, 0.717) is 12.2 Å². The number of esters is 1. The summed E-state index contributed by atoms with van der Waals surface area (Å²) in [5.41, 5.74) is 0.673. The van der Waals surface area contributed by atoms with Gasteiger partial charge in [-0.15, -0.1) is 0 Å². The lowest BCUT2D eigenvalue weighted by molar-refractivity contribution is -0.130. The molecule has 0 aliphatic carbocycles. The van der Waals surface area contributed by atoms with Gasteiger partial charge < -0.3 is 25.1 Å². The first kappa shape index (κ1) is 20.7. The highest BCUT2D eigenvalue weighted by molar-refractivity contribution is 6.02. The van der Waals surface area contributed by atoms with Gasteiger partial charge in [-0.2, -0.15) is 0 Å². The molecule has 1 aromatic carbocycles. The number of hydrogen-bond donors (Lipinski definition) is 3. The summed E-state index contributed by atoms with van der Waals surface area (Å²) >= 11 is 0. The van der Waals surface area contributed by atoms with E-state index in [-0.39, 0.29) is 17.2 Å². The number of furan rings is 1. The third-order valence-corrected chi connectivity index (χ3v) is 3.58. The van der Waals surface area contributed by atoms with Crippen molar-refractivity contribution >= 4 is 29.4 Å². The fourth-order valence-electron chi connectivity index (χ4n) is 2.18. The van der Waals surface area contributed by atoms with Crippen molar-refractivity contribution in [3.05, 3.63) is 54.0 Å². The van der Waals surface area contributed by atoms with Crippen LogP contribution in [0.5, 0.6) is 0 Å². The molecule has 9 nitrogen and oxygen atoms in total. The highest BCUT2D eigenvalue weighted by Gasteiger charge is 2.16. The summed E-state index contributed by atoms with van der Waals surface area (Å²) in [6, 6.07) is 8.34. The lowest BCUT2D eigenvalue weighted by atomic mass is 10.2. The van der Waals surface area contributed by atoms with Crippen LogP contribution < -0.4 is 16.0 Å². The van der Waals surface area contributed by atoms with Gasteiger partial charge in [-0.3, -0.25) is 14.4 Å². The molecule has 1 aromatic heterocycles. The Morgan fingerprint density at radius 3 is 2.43 bits per heavy atom. The smallest absolute Gasteiger partial charge is 0.338 e. The maximum Gasteiger partial charge on any atom is 0.338 e. The van der Waals surface area contributed by atoms with Gasteiger partial charge >= 0.3 is 5.97 Å². The molecule has 3 amide bonds. The Labute approximate surface area is 161 Å². The summed E-state index contributed by atoms with van der Waals surface area (Å²) in [5.74, 6) is -1.87. The molecule has 1 heterocycles. The maximum atomic E-state index is 12.0. The Kier molecular flexibility index (Phi) is 7.32. The van der Waals surface area contributed by atoms with Gasteiger partial charge in [-0.05, 0) is 50.2 Å². The quantitative estimate of drug-likeness (QED) is 0.587. The van der Waals surface area contributed by atoms with Crippen molar-refractivity contribution in [2.75, 3.05) is 18.5 Å². The topological polar surface area (TPSA) is 127 Å². The summed E-state index contributed by atoms with van der Waals surface area (Å²) < 4.78 is 9.92. The van der Waals surface area contributed by atoms with Crippen molar-refractivity contribution in [3.8, 4) is 0 Å². The minimum atomic E-state index is -0.733. The van der Waals surface area contributed by atoms with Crippen LogP contribution in [0.15, 0.2) is 47.1 Å². The number of nitrogens with one attached hydrogen (secondary N) is 3. The number of benzene rings is 1. The number of ether oxygens (including phenoxy) is 1. The second-order valence-corrected chi connectivity index (χ2v) is 5.77. The van der Waals surface area contributed by atoms with E-state index < -0.39 is 30.4 Å². The number of anilines is 1. The van der Waals surface area contributed by atoms with Crippen molar-refractivity contribution in [2.24, 2.45) is 0 Å². The Bertz CT molecular complexity index is 830.